The Kier molecular flexibility index (Phi) is 2.70. The first-order chi connectivity index (χ1) is 8.66. The summed E-state index contributed by atoms with van der Waals surface area (Å²) in [4.78, 5) is 19.3. The summed E-state index contributed by atoms with van der Waals surface area (Å²) in [5.74, 6) is -0.956. The summed E-state index contributed by atoms with van der Waals surface area (Å²) in [5, 5.41) is 9.91. The topological polar surface area (TPSA) is 68.0 Å². The van der Waals surface area contributed by atoms with Crippen molar-refractivity contribution >= 4 is 28.6 Å². The fraction of sp³-hybridized carbons (Fsp3) is 0.417. The van der Waals surface area contributed by atoms with Crippen molar-refractivity contribution < 1.29 is 9.90 Å². The SMILES string of the molecule is O=C(O)c1cn(C2CCCC2)c2nc(Cl)ncc12. The lowest BCUT2D eigenvalue weighted by molar-refractivity contribution is 0.0698. The van der Waals surface area contributed by atoms with Crippen molar-refractivity contribution in [3.05, 3.63) is 23.2 Å². The van der Waals surface area contributed by atoms with E-state index in [1.165, 1.54) is 19.0 Å². The van der Waals surface area contributed by atoms with Gasteiger partial charge in [-0.15, -0.1) is 0 Å². The smallest absolute Gasteiger partial charge is 0.337 e. The van der Waals surface area contributed by atoms with Crippen molar-refractivity contribution in [1.82, 2.24) is 14.5 Å². The number of fused-ring (bicyclic) bond motifs is 1. The Labute approximate surface area is 108 Å². The Balaban J connectivity index is 2.23. The van der Waals surface area contributed by atoms with Gasteiger partial charge in [0.1, 0.15) is 5.65 Å². The van der Waals surface area contributed by atoms with E-state index in [1.54, 1.807) is 6.20 Å². The third-order valence-electron chi connectivity index (χ3n) is 3.49. The van der Waals surface area contributed by atoms with E-state index in [2.05, 4.69) is 9.97 Å². The molecule has 2 aromatic heterocycles. The maximum Gasteiger partial charge on any atom is 0.337 e. The largest absolute Gasteiger partial charge is 0.478 e. The lowest BCUT2D eigenvalue weighted by Gasteiger charge is -2.12. The summed E-state index contributed by atoms with van der Waals surface area (Å²) in [6.07, 6.45) is 7.61. The van der Waals surface area contributed by atoms with Crippen LogP contribution < -0.4 is 0 Å². The Bertz CT molecular complexity index is 617. The maximum atomic E-state index is 11.2. The van der Waals surface area contributed by atoms with Crippen molar-refractivity contribution in [3.8, 4) is 0 Å². The van der Waals surface area contributed by atoms with Crippen molar-refractivity contribution in [3.63, 3.8) is 0 Å². The van der Waals surface area contributed by atoms with Gasteiger partial charge < -0.3 is 9.67 Å². The summed E-state index contributed by atoms with van der Waals surface area (Å²) in [6.45, 7) is 0. The third-order valence-corrected chi connectivity index (χ3v) is 3.67. The molecule has 0 atom stereocenters. The second kappa shape index (κ2) is 4.24. The van der Waals surface area contributed by atoms with Crippen LogP contribution in [0.2, 0.25) is 5.28 Å². The number of carboxylic acid groups (broad SMARTS) is 1. The molecular formula is C12H12ClN3O2. The van der Waals surface area contributed by atoms with Crippen LogP contribution in [0.5, 0.6) is 0 Å². The number of carbonyl (C=O) groups is 1. The van der Waals surface area contributed by atoms with Crippen LogP contribution in [0.15, 0.2) is 12.4 Å². The molecule has 5 nitrogen and oxygen atoms in total. The zero-order valence-corrected chi connectivity index (χ0v) is 10.4. The summed E-state index contributed by atoms with van der Waals surface area (Å²) < 4.78 is 1.94. The highest BCUT2D eigenvalue weighted by Gasteiger charge is 2.23. The van der Waals surface area contributed by atoms with E-state index in [-0.39, 0.29) is 10.8 Å². The van der Waals surface area contributed by atoms with Gasteiger partial charge in [0, 0.05) is 18.4 Å². The normalized spacial score (nSPS) is 16.5. The van der Waals surface area contributed by atoms with E-state index in [9.17, 15) is 9.90 Å². The molecule has 1 aliphatic carbocycles. The summed E-state index contributed by atoms with van der Waals surface area (Å²) in [6, 6.07) is 0.326. The predicted octanol–water partition coefficient (Wildman–Crippen LogP) is 2.90. The third kappa shape index (κ3) is 1.75. The zero-order chi connectivity index (χ0) is 12.7. The number of hydrogen-bond acceptors (Lipinski definition) is 3. The average molecular weight is 266 g/mol. The number of rotatable bonds is 2. The first-order valence-electron chi connectivity index (χ1n) is 5.93. The van der Waals surface area contributed by atoms with Crippen LogP contribution in [0.4, 0.5) is 0 Å². The van der Waals surface area contributed by atoms with E-state index >= 15 is 0 Å². The molecular weight excluding hydrogens is 254 g/mol. The van der Waals surface area contributed by atoms with E-state index < -0.39 is 5.97 Å². The van der Waals surface area contributed by atoms with Crippen molar-refractivity contribution in [2.75, 3.05) is 0 Å². The maximum absolute atomic E-state index is 11.2. The van der Waals surface area contributed by atoms with Gasteiger partial charge in [-0.1, -0.05) is 12.8 Å². The Hall–Kier alpha value is -1.62. The minimum absolute atomic E-state index is 0.150. The number of nitrogens with zero attached hydrogens (tertiary/aromatic N) is 3. The molecule has 0 spiro atoms. The van der Waals surface area contributed by atoms with Gasteiger partial charge in [-0.2, -0.15) is 4.98 Å². The van der Waals surface area contributed by atoms with Crippen LogP contribution in [-0.4, -0.2) is 25.6 Å². The molecule has 2 heterocycles. The van der Waals surface area contributed by atoms with Crippen molar-refractivity contribution in [1.29, 1.82) is 0 Å². The Morgan fingerprint density at radius 3 is 2.83 bits per heavy atom. The van der Waals surface area contributed by atoms with Gasteiger partial charge in [0.15, 0.2) is 0 Å². The monoisotopic (exact) mass is 265 g/mol. The van der Waals surface area contributed by atoms with E-state index in [0.29, 0.717) is 17.1 Å². The minimum Gasteiger partial charge on any atom is -0.478 e. The molecule has 0 aromatic carbocycles. The van der Waals surface area contributed by atoms with Crippen LogP contribution in [0.3, 0.4) is 0 Å². The van der Waals surface area contributed by atoms with Crippen LogP contribution in [0, 0.1) is 0 Å². The summed E-state index contributed by atoms with van der Waals surface area (Å²) in [7, 11) is 0. The molecule has 94 valence electrons. The molecule has 6 heteroatoms. The van der Waals surface area contributed by atoms with Gasteiger partial charge in [0.2, 0.25) is 5.28 Å². The van der Waals surface area contributed by atoms with E-state index in [4.69, 9.17) is 11.6 Å². The molecule has 0 radical (unpaired) electrons. The first kappa shape index (κ1) is 11.5. The second-order valence-corrected chi connectivity index (χ2v) is 4.91. The molecule has 1 fully saturated rings. The molecule has 0 saturated heterocycles. The summed E-state index contributed by atoms with van der Waals surface area (Å²) >= 11 is 5.80. The minimum atomic E-state index is -0.956. The number of halogens is 1. The molecule has 1 N–H and O–H groups in total. The molecule has 0 bridgehead atoms. The average Bonchev–Trinajstić information content (AvgIpc) is 2.93. The van der Waals surface area contributed by atoms with Crippen LogP contribution >= 0.6 is 11.6 Å². The lowest BCUT2D eigenvalue weighted by Crippen LogP contribution is -2.04. The Morgan fingerprint density at radius 2 is 2.17 bits per heavy atom. The van der Waals surface area contributed by atoms with Gasteiger partial charge in [0.05, 0.1) is 10.9 Å². The molecule has 3 rings (SSSR count). The van der Waals surface area contributed by atoms with Gasteiger partial charge in [-0.3, -0.25) is 0 Å². The zero-order valence-electron chi connectivity index (χ0n) is 9.64. The lowest BCUT2D eigenvalue weighted by atomic mass is 10.2. The van der Waals surface area contributed by atoms with Crippen LogP contribution in [0.25, 0.3) is 11.0 Å². The van der Waals surface area contributed by atoms with E-state index in [1.807, 2.05) is 4.57 Å². The number of aromatic nitrogens is 3. The van der Waals surface area contributed by atoms with E-state index in [0.717, 1.165) is 12.8 Å². The number of carboxylic acids is 1. The quantitative estimate of drug-likeness (QED) is 0.848. The van der Waals surface area contributed by atoms with Gasteiger partial charge in [-0.05, 0) is 24.4 Å². The highest BCUT2D eigenvalue weighted by atomic mass is 35.5. The van der Waals surface area contributed by atoms with Crippen LogP contribution in [0.1, 0.15) is 42.1 Å². The van der Waals surface area contributed by atoms with Gasteiger partial charge in [-0.25, -0.2) is 9.78 Å². The molecule has 0 aliphatic heterocycles. The summed E-state index contributed by atoms with van der Waals surface area (Å²) in [5.41, 5.74) is 0.868. The molecule has 1 saturated carbocycles. The fourth-order valence-electron chi connectivity index (χ4n) is 2.64. The molecule has 18 heavy (non-hydrogen) atoms. The van der Waals surface area contributed by atoms with Crippen molar-refractivity contribution in [2.45, 2.75) is 31.7 Å². The van der Waals surface area contributed by atoms with Crippen molar-refractivity contribution in [2.24, 2.45) is 0 Å². The second-order valence-electron chi connectivity index (χ2n) is 4.57. The molecule has 2 aromatic rings. The predicted molar refractivity (Wildman–Crippen MR) is 67.0 cm³/mol. The number of hydrogen-bond donors (Lipinski definition) is 1. The molecule has 1 aliphatic rings. The Morgan fingerprint density at radius 1 is 1.44 bits per heavy atom. The highest BCUT2D eigenvalue weighted by molar-refractivity contribution is 6.28. The molecule has 0 amide bonds. The first-order valence-corrected chi connectivity index (χ1v) is 6.31. The highest BCUT2D eigenvalue weighted by Crippen LogP contribution is 2.33. The fourth-order valence-corrected chi connectivity index (χ4v) is 2.77. The van der Waals surface area contributed by atoms with Gasteiger partial charge >= 0.3 is 5.97 Å². The van der Waals surface area contributed by atoms with Gasteiger partial charge in [0.25, 0.3) is 0 Å². The number of aromatic carboxylic acids is 1. The van der Waals surface area contributed by atoms with Crippen LogP contribution in [-0.2, 0) is 0 Å². The standard InChI is InChI=1S/C12H12ClN3O2/c13-12-14-5-8-9(11(17)18)6-16(10(8)15-12)7-3-1-2-4-7/h5-7H,1-4H2,(H,17,18). The molecule has 0 unspecified atom stereocenters.